The van der Waals surface area contributed by atoms with Crippen molar-refractivity contribution in [2.45, 2.75) is 30.7 Å². The molecule has 1 nitrogen and oxygen atoms in total. The van der Waals surface area contributed by atoms with Gasteiger partial charge in [0.25, 0.3) is 0 Å². The zero-order valence-electron chi connectivity index (χ0n) is 9.99. The van der Waals surface area contributed by atoms with Crippen molar-refractivity contribution < 1.29 is 0 Å². The zero-order chi connectivity index (χ0) is 11.5. The lowest BCUT2D eigenvalue weighted by molar-refractivity contribution is 0.522. The van der Waals surface area contributed by atoms with E-state index in [0.29, 0.717) is 12.0 Å². The lowest BCUT2D eigenvalue weighted by Crippen LogP contribution is -2.35. The molecule has 0 saturated carbocycles. The SMILES string of the molecule is C=C(C)C(NCC)C1CSc2ccccc21. The molecule has 16 heavy (non-hydrogen) atoms. The molecule has 0 amide bonds. The van der Waals surface area contributed by atoms with Gasteiger partial charge < -0.3 is 5.32 Å². The van der Waals surface area contributed by atoms with Crippen LogP contribution >= 0.6 is 11.8 Å². The van der Waals surface area contributed by atoms with Crippen LogP contribution in [0.1, 0.15) is 25.3 Å². The molecule has 0 bridgehead atoms. The van der Waals surface area contributed by atoms with Gasteiger partial charge in [0.1, 0.15) is 0 Å². The summed E-state index contributed by atoms with van der Waals surface area (Å²) in [5.74, 6) is 1.75. The van der Waals surface area contributed by atoms with E-state index in [1.54, 1.807) is 0 Å². The van der Waals surface area contributed by atoms with Gasteiger partial charge in [-0.25, -0.2) is 0 Å². The molecule has 86 valence electrons. The Hall–Kier alpha value is -0.730. The van der Waals surface area contributed by atoms with Crippen LogP contribution in [0.5, 0.6) is 0 Å². The third kappa shape index (κ3) is 2.18. The number of nitrogens with one attached hydrogen (secondary N) is 1. The topological polar surface area (TPSA) is 12.0 Å². The van der Waals surface area contributed by atoms with Gasteiger partial charge in [0.2, 0.25) is 0 Å². The van der Waals surface area contributed by atoms with Crippen molar-refractivity contribution in [2.75, 3.05) is 12.3 Å². The zero-order valence-corrected chi connectivity index (χ0v) is 10.8. The van der Waals surface area contributed by atoms with Crippen LogP contribution in [0.2, 0.25) is 0 Å². The van der Waals surface area contributed by atoms with Crippen LogP contribution in [-0.4, -0.2) is 18.3 Å². The molecule has 2 atom stereocenters. The molecule has 2 heteroatoms. The lowest BCUT2D eigenvalue weighted by atomic mass is 9.89. The molecule has 0 aliphatic carbocycles. The summed E-state index contributed by atoms with van der Waals surface area (Å²) in [5, 5.41) is 3.55. The van der Waals surface area contributed by atoms with E-state index in [-0.39, 0.29) is 0 Å². The van der Waals surface area contributed by atoms with E-state index in [2.05, 4.69) is 50.0 Å². The molecule has 0 radical (unpaired) electrons. The van der Waals surface area contributed by atoms with Crippen molar-refractivity contribution in [3.05, 3.63) is 42.0 Å². The fraction of sp³-hybridized carbons (Fsp3) is 0.429. The molecule has 1 N–H and O–H groups in total. The van der Waals surface area contributed by atoms with Gasteiger partial charge in [-0.05, 0) is 25.1 Å². The van der Waals surface area contributed by atoms with E-state index in [1.807, 2.05) is 11.8 Å². The molecule has 0 aromatic heterocycles. The maximum atomic E-state index is 4.12. The Morgan fingerprint density at radius 3 is 3.00 bits per heavy atom. The van der Waals surface area contributed by atoms with E-state index in [4.69, 9.17) is 0 Å². The van der Waals surface area contributed by atoms with Crippen molar-refractivity contribution in [3.63, 3.8) is 0 Å². The van der Waals surface area contributed by atoms with Crippen LogP contribution in [0.4, 0.5) is 0 Å². The van der Waals surface area contributed by atoms with E-state index >= 15 is 0 Å². The Morgan fingerprint density at radius 1 is 1.56 bits per heavy atom. The minimum atomic E-state index is 0.418. The van der Waals surface area contributed by atoms with Crippen molar-refractivity contribution in [1.82, 2.24) is 5.32 Å². The van der Waals surface area contributed by atoms with Crippen LogP contribution < -0.4 is 5.32 Å². The predicted octanol–water partition coefficient (Wildman–Crippen LogP) is 3.43. The highest BCUT2D eigenvalue weighted by Gasteiger charge is 2.29. The first-order chi connectivity index (χ1) is 7.74. The van der Waals surface area contributed by atoms with Crippen LogP contribution in [0.25, 0.3) is 0 Å². The van der Waals surface area contributed by atoms with Crippen molar-refractivity contribution in [2.24, 2.45) is 0 Å². The number of thioether (sulfide) groups is 1. The molecule has 1 aliphatic rings. The molecule has 1 aromatic rings. The van der Waals surface area contributed by atoms with Gasteiger partial charge in [0, 0.05) is 22.6 Å². The highest BCUT2D eigenvalue weighted by molar-refractivity contribution is 7.99. The normalized spacial score (nSPS) is 20.5. The molecule has 2 rings (SSSR count). The van der Waals surface area contributed by atoms with Crippen LogP contribution in [-0.2, 0) is 0 Å². The number of rotatable bonds is 4. The number of hydrogen-bond acceptors (Lipinski definition) is 2. The fourth-order valence-electron chi connectivity index (χ4n) is 2.34. The minimum absolute atomic E-state index is 0.418. The second kappa shape index (κ2) is 5.07. The lowest BCUT2D eigenvalue weighted by Gasteiger charge is -2.25. The number of benzene rings is 1. The van der Waals surface area contributed by atoms with Gasteiger partial charge in [-0.15, -0.1) is 11.8 Å². The Labute approximate surface area is 102 Å². The van der Waals surface area contributed by atoms with Gasteiger partial charge in [-0.1, -0.05) is 37.3 Å². The first-order valence-electron chi connectivity index (χ1n) is 5.84. The quantitative estimate of drug-likeness (QED) is 0.800. The summed E-state index contributed by atoms with van der Waals surface area (Å²) in [4.78, 5) is 1.44. The average molecular weight is 233 g/mol. The van der Waals surface area contributed by atoms with Gasteiger partial charge >= 0.3 is 0 Å². The molecule has 2 unspecified atom stereocenters. The van der Waals surface area contributed by atoms with Crippen molar-refractivity contribution in [3.8, 4) is 0 Å². The number of hydrogen-bond donors (Lipinski definition) is 1. The molecular weight excluding hydrogens is 214 g/mol. The molecule has 1 aromatic carbocycles. The fourth-order valence-corrected chi connectivity index (χ4v) is 3.64. The summed E-state index contributed by atoms with van der Waals surface area (Å²) in [6.07, 6.45) is 0. The van der Waals surface area contributed by atoms with Crippen molar-refractivity contribution >= 4 is 11.8 Å². The first kappa shape index (κ1) is 11.7. The van der Waals surface area contributed by atoms with Gasteiger partial charge in [0.15, 0.2) is 0 Å². The molecule has 0 spiro atoms. The largest absolute Gasteiger partial charge is 0.310 e. The first-order valence-corrected chi connectivity index (χ1v) is 6.83. The average Bonchev–Trinajstić information content (AvgIpc) is 2.69. The summed E-state index contributed by atoms with van der Waals surface area (Å²) in [5.41, 5.74) is 2.73. The Balaban J connectivity index is 2.25. The van der Waals surface area contributed by atoms with Gasteiger partial charge in [-0.3, -0.25) is 0 Å². The summed E-state index contributed by atoms with van der Waals surface area (Å²) in [6, 6.07) is 9.16. The Bertz CT molecular complexity index is 386. The predicted molar refractivity (Wildman–Crippen MR) is 72.2 cm³/mol. The van der Waals surface area contributed by atoms with E-state index < -0.39 is 0 Å². The maximum absolute atomic E-state index is 4.12. The second-order valence-corrected chi connectivity index (χ2v) is 5.40. The summed E-state index contributed by atoms with van der Waals surface area (Å²) in [6.45, 7) is 9.40. The van der Waals surface area contributed by atoms with Gasteiger partial charge in [0.05, 0.1) is 0 Å². The van der Waals surface area contributed by atoms with Gasteiger partial charge in [-0.2, -0.15) is 0 Å². The second-order valence-electron chi connectivity index (χ2n) is 4.34. The molecule has 0 fully saturated rings. The smallest absolute Gasteiger partial charge is 0.0351 e. The highest BCUT2D eigenvalue weighted by Crippen LogP contribution is 2.42. The highest BCUT2D eigenvalue weighted by atomic mass is 32.2. The molecule has 1 heterocycles. The minimum Gasteiger partial charge on any atom is -0.310 e. The number of fused-ring (bicyclic) bond motifs is 1. The molecular formula is C14H19NS. The molecule has 0 saturated heterocycles. The third-order valence-electron chi connectivity index (χ3n) is 3.09. The van der Waals surface area contributed by atoms with E-state index in [9.17, 15) is 0 Å². The monoisotopic (exact) mass is 233 g/mol. The Kier molecular flexibility index (Phi) is 3.72. The maximum Gasteiger partial charge on any atom is 0.0351 e. The van der Waals surface area contributed by atoms with Crippen LogP contribution in [0, 0.1) is 0 Å². The standard InChI is InChI=1S/C14H19NS/c1-4-15-14(10(2)3)12-9-16-13-8-6-5-7-11(12)13/h5-8,12,14-15H,2,4,9H2,1,3H3. The summed E-state index contributed by atoms with van der Waals surface area (Å²) in [7, 11) is 0. The van der Waals surface area contributed by atoms with Crippen LogP contribution in [0.3, 0.4) is 0 Å². The summed E-state index contributed by atoms with van der Waals surface area (Å²) >= 11 is 1.97. The Morgan fingerprint density at radius 2 is 2.31 bits per heavy atom. The summed E-state index contributed by atoms with van der Waals surface area (Å²) < 4.78 is 0. The van der Waals surface area contributed by atoms with E-state index in [1.165, 1.54) is 21.8 Å². The van der Waals surface area contributed by atoms with E-state index in [0.717, 1.165) is 6.54 Å². The molecule has 1 aliphatic heterocycles. The van der Waals surface area contributed by atoms with Crippen molar-refractivity contribution in [1.29, 1.82) is 0 Å². The van der Waals surface area contributed by atoms with Crippen LogP contribution in [0.15, 0.2) is 41.3 Å². The third-order valence-corrected chi connectivity index (χ3v) is 4.30. The number of likely N-dealkylation sites (N-methyl/N-ethyl adjacent to an activating group) is 1.